The number of rotatable bonds is 7. The van der Waals surface area contributed by atoms with E-state index in [1.807, 2.05) is 12.2 Å². The third kappa shape index (κ3) is 7.65. The summed E-state index contributed by atoms with van der Waals surface area (Å²) in [6, 6.07) is 6.09. The van der Waals surface area contributed by atoms with Gasteiger partial charge >= 0.3 is 6.09 Å². The Labute approximate surface area is 300 Å². The molecule has 5 atom stereocenters. The SMILES string of the molecule is O=C1N[C@]2(C(=O)NS(=O)(=O)C3CC3)C[C@H]2C=CCCCCC[C@H](NCc2ccc(Cl)o2)C(=O)N2C[C@H](OC(=O)N3Cc4cccc(F)c4C3)C[C@@H]12. The lowest BCUT2D eigenvalue weighted by atomic mass is 10.0. The molecular formula is C35H41ClFN5O8S. The summed E-state index contributed by atoms with van der Waals surface area (Å²) < 4.78 is 53.4. The van der Waals surface area contributed by atoms with E-state index in [2.05, 4.69) is 15.4 Å². The van der Waals surface area contributed by atoms with Crippen LogP contribution in [0.5, 0.6) is 0 Å². The Balaban J connectivity index is 1.13. The quantitative estimate of drug-likeness (QED) is 0.359. The van der Waals surface area contributed by atoms with Crippen molar-refractivity contribution in [2.45, 2.75) is 106 Å². The van der Waals surface area contributed by atoms with Gasteiger partial charge in [0.25, 0.3) is 5.91 Å². The fourth-order valence-corrected chi connectivity index (χ4v) is 8.83. The largest absolute Gasteiger partial charge is 0.448 e. The van der Waals surface area contributed by atoms with E-state index in [0.29, 0.717) is 42.6 Å². The number of nitrogens with one attached hydrogen (secondary N) is 3. The number of sulfonamides is 1. The average Bonchev–Trinajstić information content (AvgIpc) is 3.91. The van der Waals surface area contributed by atoms with Gasteiger partial charge < -0.3 is 19.4 Å². The first-order valence-electron chi connectivity index (χ1n) is 17.5. The van der Waals surface area contributed by atoms with Crippen molar-refractivity contribution in [3.63, 3.8) is 0 Å². The number of nitrogens with zero attached hydrogens (tertiary/aromatic N) is 2. The molecule has 2 saturated carbocycles. The number of fused-ring (bicyclic) bond motifs is 3. The molecule has 4 amide bonds. The van der Waals surface area contributed by atoms with Crippen LogP contribution < -0.4 is 15.4 Å². The van der Waals surface area contributed by atoms with Gasteiger partial charge in [0, 0.05) is 24.4 Å². The fourth-order valence-electron chi connectivity index (χ4n) is 7.30. The second-order valence-electron chi connectivity index (χ2n) is 14.1. The van der Waals surface area contributed by atoms with Crippen molar-refractivity contribution in [1.29, 1.82) is 0 Å². The molecule has 3 aliphatic heterocycles. The maximum atomic E-state index is 14.4. The Morgan fingerprint density at radius 2 is 1.92 bits per heavy atom. The van der Waals surface area contributed by atoms with E-state index in [0.717, 1.165) is 19.3 Å². The maximum Gasteiger partial charge on any atom is 0.410 e. The number of ether oxygens (including phenoxy) is 1. The van der Waals surface area contributed by atoms with Crippen LogP contribution in [0, 0.1) is 11.7 Å². The van der Waals surface area contributed by atoms with Crippen LogP contribution in [0.4, 0.5) is 9.18 Å². The number of allylic oxidation sites excluding steroid dienone is 1. The number of furan rings is 1. The molecule has 0 radical (unpaired) electrons. The Hall–Kier alpha value is -3.95. The lowest BCUT2D eigenvalue weighted by molar-refractivity contribution is -0.141. The van der Waals surface area contributed by atoms with Gasteiger partial charge in [0.2, 0.25) is 21.8 Å². The molecule has 51 heavy (non-hydrogen) atoms. The van der Waals surface area contributed by atoms with Crippen LogP contribution in [0.15, 0.2) is 46.9 Å². The van der Waals surface area contributed by atoms with Gasteiger partial charge in [0.1, 0.15) is 29.3 Å². The zero-order valence-corrected chi connectivity index (χ0v) is 29.5. The summed E-state index contributed by atoms with van der Waals surface area (Å²) in [5.74, 6) is -2.18. The number of amides is 4. The third-order valence-corrected chi connectivity index (χ3v) is 12.5. The van der Waals surface area contributed by atoms with Crippen LogP contribution in [-0.2, 0) is 48.8 Å². The van der Waals surface area contributed by atoms with Crippen molar-refractivity contribution >= 4 is 45.4 Å². The normalized spacial score (nSPS) is 28.2. The fraction of sp³-hybridized carbons (Fsp3) is 0.543. The minimum Gasteiger partial charge on any atom is -0.448 e. The molecule has 13 nitrogen and oxygen atoms in total. The Morgan fingerprint density at radius 3 is 2.67 bits per heavy atom. The zero-order chi connectivity index (χ0) is 35.9. The van der Waals surface area contributed by atoms with Crippen LogP contribution in [0.2, 0.25) is 5.22 Å². The predicted molar refractivity (Wildman–Crippen MR) is 182 cm³/mol. The van der Waals surface area contributed by atoms with E-state index < -0.39 is 74.5 Å². The van der Waals surface area contributed by atoms with Crippen LogP contribution in [0.1, 0.15) is 74.7 Å². The summed E-state index contributed by atoms with van der Waals surface area (Å²) >= 11 is 5.96. The highest BCUT2D eigenvalue weighted by molar-refractivity contribution is 7.91. The zero-order valence-electron chi connectivity index (χ0n) is 27.9. The molecule has 5 aliphatic rings. The second kappa shape index (κ2) is 14.2. The number of carbonyl (C=O) groups is 4. The number of hydrogen-bond donors (Lipinski definition) is 3. The van der Waals surface area contributed by atoms with Crippen LogP contribution in [-0.4, -0.2) is 77.6 Å². The van der Waals surface area contributed by atoms with Gasteiger partial charge in [-0.15, -0.1) is 0 Å². The highest BCUT2D eigenvalue weighted by Crippen LogP contribution is 2.46. The number of carbonyl (C=O) groups excluding carboxylic acids is 4. The predicted octanol–water partition coefficient (Wildman–Crippen LogP) is 3.66. The Kier molecular flexibility index (Phi) is 9.89. The van der Waals surface area contributed by atoms with Gasteiger partial charge in [-0.3, -0.25) is 29.3 Å². The summed E-state index contributed by atoms with van der Waals surface area (Å²) in [6.07, 6.45) is 6.80. The molecule has 4 heterocycles. The topological polar surface area (TPSA) is 167 Å². The molecular weight excluding hydrogens is 705 g/mol. The first kappa shape index (κ1) is 35.5. The molecule has 274 valence electrons. The first-order chi connectivity index (χ1) is 24.4. The smallest absolute Gasteiger partial charge is 0.410 e. The second-order valence-corrected chi connectivity index (χ2v) is 16.5. The average molecular weight is 746 g/mol. The van der Waals surface area contributed by atoms with Crippen LogP contribution in [0.25, 0.3) is 0 Å². The summed E-state index contributed by atoms with van der Waals surface area (Å²) in [7, 11) is -3.89. The van der Waals surface area contributed by atoms with Crippen molar-refractivity contribution in [1.82, 2.24) is 25.2 Å². The van der Waals surface area contributed by atoms with Gasteiger partial charge in [-0.1, -0.05) is 37.1 Å². The van der Waals surface area contributed by atoms with Gasteiger partial charge in [0.15, 0.2) is 5.22 Å². The number of halogens is 2. The highest BCUT2D eigenvalue weighted by Gasteiger charge is 2.62. The molecule has 2 aromatic rings. The van der Waals surface area contributed by atoms with Gasteiger partial charge in [-0.25, -0.2) is 17.6 Å². The highest BCUT2D eigenvalue weighted by atomic mass is 35.5. The monoisotopic (exact) mass is 745 g/mol. The van der Waals surface area contributed by atoms with Gasteiger partial charge in [-0.2, -0.15) is 0 Å². The third-order valence-electron chi connectivity index (χ3n) is 10.4. The molecule has 3 fully saturated rings. The number of benzene rings is 1. The van der Waals surface area contributed by atoms with E-state index in [1.165, 1.54) is 15.9 Å². The Bertz CT molecular complexity index is 1850. The minimum atomic E-state index is -3.89. The van der Waals surface area contributed by atoms with Crippen molar-refractivity contribution in [2.75, 3.05) is 6.54 Å². The summed E-state index contributed by atoms with van der Waals surface area (Å²) in [5.41, 5.74) is -0.427. The van der Waals surface area contributed by atoms with E-state index in [-0.39, 0.29) is 44.2 Å². The van der Waals surface area contributed by atoms with Crippen molar-refractivity contribution in [3.05, 3.63) is 70.4 Å². The molecule has 0 bridgehead atoms. The maximum absolute atomic E-state index is 14.4. The van der Waals surface area contributed by atoms with Crippen molar-refractivity contribution in [2.24, 2.45) is 5.92 Å². The first-order valence-corrected chi connectivity index (χ1v) is 19.4. The standard InChI is InChI=1S/C35H41ClFN5O8S/c36-30-14-11-23(49-30)17-38-28-10-5-3-1-2-4-8-22-16-35(22,33(45)40-51(47,48)25-12-13-25)39-31(43)29-15-24(19-42(29)32(28)44)50-34(46)41-18-21-7-6-9-27(37)26(21)20-41/h4,6-9,11,14,22,24-25,28-29,38H,1-3,5,10,12-13,15-20H2,(H,39,43)(H,40,45)/t22-,24-,28+,29+,35-/m1/s1. The van der Waals surface area contributed by atoms with E-state index in [1.54, 1.807) is 24.3 Å². The van der Waals surface area contributed by atoms with Crippen LogP contribution in [0.3, 0.4) is 0 Å². The molecule has 0 spiro atoms. The van der Waals surface area contributed by atoms with Crippen molar-refractivity contribution in [3.8, 4) is 0 Å². The molecule has 1 aromatic carbocycles. The summed E-state index contributed by atoms with van der Waals surface area (Å²) in [6.45, 7) is 0.284. The van der Waals surface area contributed by atoms with E-state index in [9.17, 15) is 32.0 Å². The van der Waals surface area contributed by atoms with Gasteiger partial charge in [-0.05, 0) is 73.9 Å². The number of hydrogen-bond acceptors (Lipinski definition) is 9. The van der Waals surface area contributed by atoms with Crippen molar-refractivity contribution < 1.29 is 41.1 Å². The molecule has 2 aliphatic carbocycles. The lowest BCUT2D eigenvalue weighted by Gasteiger charge is -2.30. The molecule has 7 rings (SSSR count). The molecule has 1 saturated heterocycles. The van der Waals surface area contributed by atoms with E-state index in [4.69, 9.17) is 20.8 Å². The molecule has 1 aromatic heterocycles. The lowest BCUT2D eigenvalue weighted by Crippen LogP contribution is -2.58. The molecule has 0 unspecified atom stereocenters. The Morgan fingerprint density at radius 1 is 1.10 bits per heavy atom. The minimum absolute atomic E-state index is 0.0270. The van der Waals surface area contributed by atoms with Gasteiger partial charge in [0.05, 0.1) is 30.9 Å². The summed E-state index contributed by atoms with van der Waals surface area (Å²) in [5, 5.41) is 5.65. The molecule has 16 heteroatoms. The van der Waals surface area contributed by atoms with E-state index >= 15 is 0 Å². The summed E-state index contributed by atoms with van der Waals surface area (Å²) in [4.78, 5) is 58.2. The van der Waals surface area contributed by atoms with Crippen LogP contribution >= 0.6 is 11.6 Å². The molecule has 3 N–H and O–H groups in total.